The molecular formula is C16H21N3O3. The molecule has 6 heteroatoms. The van der Waals surface area contributed by atoms with Gasteiger partial charge in [-0.15, -0.1) is 10.2 Å². The summed E-state index contributed by atoms with van der Waals surface area (Å²) in [5.41, 5.74) is 1.29. The quantitative estimate of drug-likeness (QED) is 0.854. The van der Waals surface area contributed by atoms with Crippen molar-refractivity contribution in [3.05, 3.63) is 35.7 Å². The Morgan fingerprint density at radius 1 is 1.32 bits per heavy atom. The molecule has 2 rings (SSSR count). The number of hydrogen-bond acceptors (Lipinski definition) is 5. The summed E-state index contributed by atoms with van der Waals surface area (Å²) in [7, 11) is 0. The zero-order valence-corrected chi connectivity index (χ0v) is 13.0. The highest BCUT2D eigenvalue weighted by atomic mass is 16.4. The summed E-state index contributed by atoms with van der Waals surface area (Å²) in [4.78, 5) is 12.0. The molecule has 2 N–H and O–H groups in total. The molecule has 0 saturated heterocycles. The second-order valence-electron chi connectivity index (χ2n) is 5.37. The topological polar surface area (TPSA) is 88.2 Å². The van der Waals surface area contributed by atoms with E-state index in [1.165, 1.54) is 0 Å². The van der Waals surface area contributed by atoms with E-state index in [9.17, 15) is 9.90 Å². The first-order valence-electron chi connectivity index (χ1n) is 7.38. The Hall–Kier alpha value is -2.21. The van der Waals surface area contributed by atoms with Gasteiger partial charge in [-0.2, -0.15) is 0 Å². The average Bonchev–Trinajstić information content (AvgIpc) is 2.98. The number of amides is 1. The molecule has 0 spiro atoms. The van der Waals surface area contributed by atoms with E-state index in [4.69, 9.17) is 4.42 Å². The normalized spacial score (nSPS) is 13.6. The molecule has 0 bridgehead atoms. The number of aliphatic hydroxyl groups is 1. The molecule has 0 saturated carbocycles. The molecule has 22 heavy (non-hydrogen) atoms. The van der Waals surface area contributed by atoms with Crippen molar-refractivity contribution < 1.29 is 14.3 Å². The molecule has 1 aromatic carbocycles. The van der Waals surface area contributed by atoms with Crippen LogP contribution in [0.25, 0.3) is 11.5 Å². The number of aromatic nitrogens is 2. The minimum Gasteiger partial charge on any atom is -0.421 e. The number of carbonyl (C=O) groups is 1. The lowest BCUT2D eigenvalue weighted by Gasteiger charge is -2.17. The Labute approximate surface area is 129 Å². The fourth-order valence-electron chi connectivity index (χ4n) is 1.95. The second-order valence-corrected chi connectivity index (χ2v) is 5.37. The molecule has 1 amide bonds. The van der Waals surface area contributed by atoms with Crippen LogP contribution >= 0.6 is 0 Å². The summed E-state index contributed by atoms with van der Waals surface area (Å²) in [5, 5.41) is 20.3. The molecular weight excluding hydrogens is 282 g/mol. The molecule has 1 heterocycles. The molecule has 0 aliphatic heterocycles. The standard InChI is InChI=1S/C16H21N3O3/c1-4-10(2)14(20)9-17-15(21)12-5-7-13(8-6-12)16-19-18-11(3)22-16/h5-8,10,14,20H,4,9H2,1-3H3,(H,17,21). The van der Waals surface area contributed by atoms with E-state index in [0.717, 1.165) is 12.0 Å². The van der Waals surface area contributed by atoms with Gasteiger partial charge in [-0.3, -0.25) is 4.79 Å². The van der Waals surface area contributed by atoms with Gasteiger partial charge in [0, 0.05) is 24.6 Å². The van der Waals surface area contributed by atoms with Crippen molar-refractivity contribution >= 4 is 5.91 Å². The monoisotopic (exact) mass is 303 g/mol. The van der Waals surface area contributed by atoms with Crippen molar-refractivity contribution in [1.82, 2.24) is 15.5 Å². The van der Waals surface area contributed by atoms with Gasteiger partial charge in [0.1, 0.15) is 0 Å². The Kier molecular flexibility index (Phi) is 5.27. The highest BCUT2D eigenvalue weighted by Crippen LogP contribution is 2.18. The number of hydrogen-bond donors (Lipinski definition) is 2. The van der Waals surface area contributed by atoms with Crippen LogP contribution in [0.2, 0.25) is 0 Å². The molecule has 2 atom stereocenters. The Balaban J connectivity index is 1.96. The van der Waals surface area contributed by atoms with Gasteiger partial charge in [0.15, 0.2) is 0 Å². The molecule has 2 aromatic rings. The number of carbonyl (C=O) groups excluding carboxylic acids is 1. The molecule has 0 aliphatic rings. The summed E-state index contributed by atoms with van der Waals surface area (Å²) < 4.78 is 5.33. The summed E-state index contributed by atoms with van der Waals surface area (Å²) >= 11 is 0. The van der Waals surface area contributed by atoms with Gasteiger partial charge in [-0.25, -0.2) is 0 Å². The number of rotatable bonds is 6. The van der Waals surface area contributed by atoms with Crippen LogP contribution in [0.3, 0.4) is 0 Å². The van der Waals surface area contributed by atoms with E-state index in [0.29, 0.717) is 17.3 Å². The molecule has 2 unspecified atom stereocenters. The lowest BCUT2D eigenvalue weighted by molar-refractivity contribution is 0.0850. The van der Waals surface area contributed by atoms with E-state index in [-0.39, 0.29) is 18.4 Å². The molecule has 118 valence electrons. The number of nitrogens with zero attached hydrogens (tertiary/aromatic N) is 2. The molecule has 1 aromatic heterocycles. The van der Waals surface area contributed by atoms with Crippen molar-refractivity contribution in [1.29, 1.82) is 0 Å². The van der Waals surface area contributed by atoms with Crippen LogP contribution in [0, 0.1) is 12.8 Å². The molecule has 6 nitrogen and oxygen atoms in total. The second kappa shape index (κ2) is 7.17. The van der Waals surface area contributed by atoms with Crippen molar-refractivity contribution in [3.63, 3.8) is 0 Å². The highest BCUT2D eigenvalue weighted by Gasteiger charge is 2.14. The third-order valence-electron chi connectivity index (χ3n) is 3.69. The predicted octanol–water partition coefficient (Wildman–Crippen LogP) is 2.18. The molecule has 0 aliphatic carbocycles. The minimum atomic E-state index is -0.533. The van der Waals surface area contributed by atoms with E-state index >= 15 is 0 Å². The van der Waals surface area contributed by atoms with Crippen LogP contribution in [0.4, 0.5) is 0 Å². The molecule has 0 fully saturated rings. The first-order valence-corrected chi connectivity index (χ1v) is 7.38. The number of aryl methyl sites for hydroxylation is 1. The van der Waals surface area contributed by atoms with E-state index in [2.05, 4.69) is 15.5 Å². The largest absolute Gasteiger partial charge is 0.421 e. The smallest absolute Gasteiger partial charge is 0.251 e. The summed E-state index contributed by atoms with van der Waals surface area (Å²) in [6.45, 7) is 5.94. The third-order valence-corrected chi connectivity index (χ3v) is 3.69. The van der Waals surface area contributed by atoms with Crippen molar-refractivity contribution in [2.75, 3.05) is 6.54 Å². The maximum absolute atomic E-state index is 12.0. The fraction of sp³-hybridized carbons (Fsp3) is 0.438. The van der Waals surface area contributed by atoms with Crippen LogP contribution in [0.5, 0.6) is 0 Å². The summed E-state index contributed by atoms with van der Waals surface area (Å²) in [5.74, 6) is 0.867. The highest BCUT2D eigenvalue weighted by molar-refractivity contribution is 5.94. The van der Waals surface area contributed by atoms with Crippen LogP contribution in [-0.2, 0) is 0 Å². The zero-order valence-electron chi connectivity index (χ0n) is 13.0. The van der Waals surface area contributed by atoms with E-state index in [1.807, 2.05) is 13.8 Å². The van der Waals surface area contributed by atoms with Crippen LogP contribution < -0.4 is 5.32 Å². The van der Waals surface area contributed by atoms with Gasteiger partial charge in [0.25, 0.3) is 5.91 Å². The van der Waals surface area contributed by atoms with Crippen LogP contribution in [0.15, 0.2) is 28.7 Å². The lowest BCUT2D eigenvalue weighted by Crippen LogP contribution is -2.35. The lowest BCUT2D eigenvalue weighted by atomic mass is 10.0. The number of nitrogens with one attached hydrogen (secondary N) is 1. The maximum Gasteiger partial charge on any atom is 0.251 e. The SMILES string of the molecule is CCC(C)C(O)CNC(=O)c1ccc(-c2nnc(C)o2)cc1. The Morgan fingerprint density at radius 3 is 2.55 bits per heavy atom. The van der Waals surface area contributed by atoms with Gasteiger partial charge in [-0.05, 0) is 30.2 Å². The molecule has 0 radical (unpaired) electrons. The predicted molar refractivity (Wildman–Crippen MR) is 82.3 cm³/mol. The van der Waals surface area contributed by atoms with Crippen molar-refractivity contribution in [2.45, 2.75) is 33.3 Å². The average molecular weight is 303 g/mol. The van der Waals surface area contributed by atoms with Gasteiger partial charge in [-0.1, -0.05) is 20.3 Å². The Morgan fingerprint density at radius 2 is 2.00 bits per heavy atom. The van der Waals surface area contributed by atoms with Gasteiger partial charge in [0.2, 0.25) is 11.8 Å². The zero-order chi connectivity index (χ0) is 16.1. The summed E-state index contributed by atoms with van der Waals surface area (Å²) in [6.07, 6.45) is 0.338. The first kappa shape index (κ1) is 16.2. The van der Waals surface area contributed by atoms with Gasteiger partial charge >= 0.3 is 0 Å². The first-order chi connectivity index (χ1) is 10.5. The van der Waals surface area contributed by atoms with Crippen LogP contribution in [0.1, 0.15) is 36.5 Å². The maximum atomic E-state index is 12.0. The van der Waals surface area contributed by atoms with Crippen molar-refractivity contribution in [3.8, 4) is 11.5 Å². The van der Waals surface area contributed by atoms with E-state index in [1.54, 1.807) is 31.2 Å². The van der Waals surface area contributed by atoms with Gasteiger partial charge < -0.3 is 14.8 Å². The van der Waals surface area contributed by atoms with E-state index < -0.39 is 6.10 Å². The number of benzene rings is 1. The van der Waals surface area contributed by atoms with Crippen LogP contribution in [-0.4, -0.2) is 33.9 Å². The fourth-order valence-corrected chi connectivity index (χ4v) is 1.95. The summed E-state index contributed by atoms with van der Waals surface area (Å²) in [6, 6.07) is 6.90. The Bertz CT molecular complexity index is 622. The van der Waals surface area contributed by atoms with Gasteiger partial charge in [0.05, 0.1) is 6.10 Å². The third kappa shape index (κ3) is 3.92. The number of aliphatic hydroxyl groups excluding tert-OH is 1. The minimum absolute atomic E-state index is 0.156. The van der Waals surface area contributed by atoms with Crippen molar-refractivity contribution in [2.24, 2.45) is 5.92 Å².